The number of rotatable bonds is 8. The minimum atomic E-state index is -3.44. The standard InChI is InChI=1S/C14H23N3O2S/c1-3-6-14(7-8-14)11-17-20(18,19)12-5-9-16-13(10-12)15-4-2/h5,9-10,17H,3-4,6-8,11H2,1-2H3,(H,15,16). The molecule has 20 heavy (non-hydrogen) atoms. The van der Waals surface area contributed by atoms with E-state index in [1.165, 1.54) is 12.3 Å². The molecule has 0 radical (unpaired) electrons. The number of anilines is 1. The quantitative estimate of drug-likeness (QED) is 0.773. The first-order chi connectivity index (χ1) is 9.51. The summed E-state index contributed by atoms with van der Waals surface area (Å²) in [6, 6.07) is 3.10. The van der Waals surface area contributed by atoms with Crippen LogP contribution in [0, 0.1) is 5.41 Å². The minimum Gasteiger partial charge on any atom is -0.370 e. The Bertz CT molecular complexity index is 553. The number of hydrogen-bond acceptors (Lipinski definition) is 4. The van der Waals surface area contributed by atoms with Crippen LogP contribution in [-0.2, 0) is 10.0 Å². The summed E-state index contributed by atoms with van der Waals surface area (Å²) in [5.41, 5.74) is 0.208. The number of hydrogen-bond donors (Lipinski definition) is 2. The molecule has 1 aliphatic carbocycles. The summed E-state index contributed by atoms with van der Waals surface area (Å²) >= 11 is 0. The molecule has 0 bridgehead atoms. The zero-order chi connectivity index (χ0) is 14.6. The van der Waals surface area contributed by atoms with E-state index in [1.54, 1.807) is 6.07 Å². The van der Waals surface area contributed by atoms with Crippen molar-refractivity contribution in [1.29, 1.82) is 0 Å². The zero-order valence-electron chi connectivity index (χ0n) is 12.1. The summed E-state index contributed by atoms with van der Waals surface area (Å²) in [6.07, 6.45) is 5.96. The summed E-state index contributed by atoms with van der Waals surface area (Å²) in [5, 5.41) is 3.02. The van der Waals surface area contributed by atoms with Crippen LogP contribution in [0.2, 0.25) is 0 Å². The van der Waals surface area contributed by atoms with Crippen LogP contribution in [0.25, 0.3) is 0 Å². The Balaban J connectivity index is 2.04. The lowest BCUT2D eigenvalue weighted by molar-refractivity contribution is 0.449. The fourth-order valence-corrected chi connectivity index (χ4v) is 3.58. The van der Waals surface area contributed by atoms with E-state index in [-0.39, 0.29) is 10.3 Å². The van der Waals surface area contributed by atoms with Crippen LogP contribution >= 0.6 is 0 Å². The van der Waals surface area contributed by atoms with Gasteiger partial charge in [-0.25, -0.2) is 18.1 Å². The zero-order valence-corrected chi connectivity index (χ0v) is 13.0. The molecule has 1 aromatic heterocycles. The molecule has 0 aromatic carbocycles. The summed E-state index contributed by atoms with van der Waals surface area (Å²) in [4.78, 5) is 4.36. The Morgan fingerprint density at radius 3 is 2.70 bits per heavy atom. The highest BCUT2D eigenvalue weighted by molar-refractivity contribution is 7.89. The van der Waals surface area contributed by atoms with Crippen molar-refractivity contribution in [3.8, 4) is 0 Å². The number of aromatic nitrogens is 1. The van der Waals surface area contributed by atoms with E-state index in [4.69, 9.17) is 0 Å². The SMILES string of the molecule is CCCC1(CNS(=O)(=O)c2ccnc(NCC)c2)CC1. The van der Waals surface area contributed by atoms with Crippen LogP contribution in [0.15, 0.2) is 23.2 Å². The third-order valence-electron chi connectivity index (χ3n) is 3.77. The van der Waals surface area contributed by atoms with Crippen LogP contribution in [0.4, 0.5) is 5.82 Å². The lowest BCUT2D eigenvalue weighted by atomic mass is 10.0. The summed E-state index contributed by atoms with van der Waals surface area (Å²) < 4.78 is 27.4. The van der Waals surface area contributed by atoms with Gasteiger partial charge in [0, 0.05) is 25.4 Å². The average Bonchev–Trinajstić information content (AvgIpc) is 3.18. The van der Waals surface area contributed by atoms with Crippen LogP contribution < -0.4 is 10.0 Å². The van der Waals surface area contributed by atoms with Gasteiger partial charge < -0.3 is 5.32 Å². The summed E-state index contributed by atoms with van der Waals surface area (Å²) in [7, 11) is -3.44. The molecule has 0 spiro atoms. The fraction of sp³-hybridized carbons (Fsp3) is 0.643. The second kappa shape index (κ2) is 6.10. The van der Waals surface area contributed by atoms with Crippen molar-refractivity contribution in [3.05, 3.63) is 18.3 Å². The second-order valence-electron chi connectivity index (χ2n) is 5.48. The summed E-state index contributed by atoms with van der Waals surface area (Å²) in [5.74, 6) is 0.588. The Labute approximate surface area is 121 Å². The molecule has 1 aliphatic rings. The van der Waals surface area contributed by atoms with Gasteiger partial charge in [0.05, 0.1) is 4.90 Å². The van der Waals surface area contributed by atoms with Gasteiger partial charge in [-0.05, 0) is 37.7 Å². The molecule has 1 fully saturated rings. The van der Waals surface area contributed by atoms with Gasteiger partial charge in [0.25, 0.3) is 0 Å². The van der Waals surface area contributed by atoms with E-state index >= 15 is 0 Å². The van der Waals surface area contributed by atoms with E-state index in [0.717, 1.165) is 25.7 Å². The molecule has 0 saturated heterocycles. The molecule has 0 atom stereocenters. The van der Waals surface area contributed by atoms with Gasteiger partial charge in [-0.3, -0.25) is 0 Å². The Morgan fingerprint density at radius 1 is 1.35 bits per heavy atom. The van der Waals surface area contributed by atoms with Gasteiger partial charge in [-0.15, -0.1) is 0 Å². The maximum atomic E-state index is 12.3. The van der Waals surface area contributed by atoms with Crippen LogP contribution in [0.1, 0.15) is 39.5 Å². The Kier molecular flexibility index (Phi) is 4.65. The van der Waals surface area contributed by atoms with Crippen LogP contribution in [0.3, 0.4) is 0 Å². The normalized spacial score (nSPS) is 16.9. The van der Waals surface area contributed by atoms with Gasteiger partial charge in [0.2, 0.25) is 10.0 Å². The first kappa shape index (κ1) is 15.3. The molecular formula is C14H23N3O2S. The maximum Gasteiger partial charge on any atom is 0.240 e. The van der Waals surface area contributed by atoms with Crippen LogP contribution in [0.5, 0.6) is 0 Å². The van der Waals surface area contributed by atoms with Crippen molar-refractivity contribution in [2.45, 2.75) is 44.4 Å². The van der Waals surface area contributed by atoms with Crippen molar-refractivity contribution in [3.63, 3.8) is 0 Å². The first-order valence-corrected chi connectivity index (χ1v) is 8.69. The van der Waals surface area contributed by atoms with Crippen LogP contribution in [-0.4, -0.2) is 26.5 Å². The van der Waals surface area contributed by atoms with Gasteiger partial charge in [0.1, 0.15) is 5.82 Å². The van der Waals surface area contributed by atoms with E-state index in [1.807, 2.05) is 6.92 Å². The van der Waals surface area contributed by atoms with E-state index in [0.29, 0.717) is 18.9 Å². The fourth-order valence-electron chi connectivity index (χ4n) is 2.41. The smallest absolute Gasteiger partial charge is 0.240 e. The van der Waals surface area contributed by atoms with E-state index in [2.05, 4.69) is 21.9 Å². The monoisotopic (exact) mass is 297 g/mol. The molecule has 0 unspecified atom stereocenters. The first-order valence-electron chi connectivity index (χ1n) is 7.21. The largest absolute Gasteiger partial charge is 0.370 e. The molecule has 112 valence electrons. The van der Waals surface area contributed by atoms with Gasteiger partial charge in [-0.1, -0.05) is 13.3 Å². The lowest BCUT2D eigenvalue weighted by Gasteiger charge is -2.15. The molecule has 6 heteroatoms. The third kappa shape index (κ3) is 3.70. The molecule has 1 heterocycles. The molecule has 1 aromatic rings. The predicted molar refractivity (Wildman–Crippen MR) is 80.2 cm³/mol. The molecule has 2 rings (SSSR count). The Hall–Kier alpha value is -1.14. The van der Waals surface area contributed by atoms with E-state index in [9.17, 15) is 8.42 Å². The number of nitrogens with one attached hydrogen (secondary N) is 2. The minimum absolute atomic E-state index is 0.208. The molecular weight excluding hydrogens is 274 g/mol. The van der Waals surface area contributed by atoms with Crippen molar-refractivity contribution < 1.29 is 8.42 Å². The van der Waals surface area contributed by atoms with E-state index < -0.39 is 10.0 Å². The topological polar surface area (TPSA) is 71.1 Å². The molecule has 0 aliphatic heterocycles. The third-order valence-corrected chi connectivity index (χ3v) is 5.17. The summed E-state index contributed by atoms with van der Waals surface area (Å²) in [6.45, 7) is 5.34. The lowest BCUT2D eigenvalue weighted by Crippen LogP contribution is -2.30. The highest BCUT2D eigenvalue weighted by atomic mass is 32.2. The van der Waals surface area contributed by atoms with Crippen molar-refractivity contribution in [1.82, 2.24) is 9.71 Å². The number of sulfonamides is 1. The Morgan fingerprint density at radius 2 is 2.10 bits per heavy atom. The average molecular weight is 297 g/mol. The van der Waals surface area contributed by atoms with Crippen molar-refractivity contribution in [2.24, 2.45) is 5.41 Å². The van der Waals surface area contributed by atoms with Crippen molar-refractivity contribution >= 4 is 15.8 Å². The van der Waals surface area contributed by atoms with Crippen molar-refractivity contribution in [2.75, 3.05) is 18.4 Å². The second-order valence-corrected chi connectivity index (χ2v) is 7.25. The van der Waals surface area contributed by atoms with Gasteiger partial charge in [-0.2, -0.15) is 0 Å². The predicted octanol–water partition coefficient (Wildman–Crippen LogP) is 2.37. The number of pyridine rings is 1. The maximum absolute atomic E-state index is 12.3. The molecule has 5 nitrogen and oxygen atoms in total. The highest BCUT2D eigenvalue weighted by Crippen LogP contribution is 2.49. The van der Waals surface area contributed by atoms with Gasteiger partial charge in [0.15, 0.2) is 0 Å². The number of nitrogens with zero attached hydrogens (tertiary/aromatic N) is 1. The van der Waals surface area contributed by atoms with Gasteiger partial charge >= 0.3 is 0 Å². The molecule has 1 saturated carbocycles. The highest BCUT2D eigenvalue weighted by Gasteiger charge is 2.42. The molecule has 2 N–H and O–H groups in total. The molecule has 0 amide bonds.